The molecule has 1 atom stereocenters. The number of aromatic nitrogens is 4. The van der Waals surface area contributed by atoms with Gasteiger partial charge in [0.2, 0.25) is 17.8 Å². The molecule has 10 nitrogen and oxygen atoms in total. The molecule has 4 rings (SSSR count). The first-order valence-corrected chi connectivity index (χ1v) is 8.97. The largest absolute Gasteiger partial charge is 0.383 e. The number of nitrogens with one attached hydrogen (secondary N) is 2. The molecule has 4 heterocycles. The number of hydrogen-bond acceptors (Lipinski definition) is 8. The number of methoxy groups -OCH3 is 1. The Bertz CT molecular complexity index is 958. The van der Waals surface area contributed by atoms with E-state index in [0.29, 0.717) is 54.8 Å². The van der Waals surface area contributed by atoms with Crippen LogP contribution in [0.1, 0.15) is 18.4 Å². The first-order valence-electron chi connectivity index (χ1n) is 8.97. The lowest BCUT2D eigenvalue weighted by Gasteiger charge is -2.17. The number of anilines is 2. The van der Waals surface area contributed by atoms with Gasteiger partial charge in [0, 0.05) is 31.3 Å². The molecule has 2 amide bonds. The lowest BCUT2D eigenvalue weighted by Crippen LogP contribution is -2.24. The maximum atomic E-state index is 13.7. The quantitative estimate of drug-likeness (QED) is 0.408. The van der Waals surface area contributed by atoms with Gasteiger partial charge in [-0.25, -0.2) is 4.39 Å². The Kier molecular flexibility index (Phi) is 4.90. The summed E-state index contributed by atoms with van der Waals surface area (Å²) in [6.07, 6.45) is 2.69. The maximum Gasteiger partial charge on any atom is 0.254 e. The van der Waals surface area contributed by atoms with Crippen LogP contribution in [0.15, 0.2) is 11.8 Å². The van der Waals surface area contributed by atoms with Crippen LogP contribution in [-0.4, -0.2) is 70.9 Å². The average Bonchev–Trinajstić information content (AvgIpc) is 3.35. The van der Waals surface area contributed by atoms with Crippen molar-refractivity contribution >= 4 is 35.4 Å². The highest BCUT2D eigenvalue weighted by molar-refractivity contribution is 6.15. The highest BCUT2D eigenvalue weighted by Gasteiger charge is 2.27. The second-order valence-electron chi connectivity index (χ2n) is 6.66. The summed E-state index contributed by atoms with van der Waals surface area (Å²) >= 11 is 0. The summed E-state index contributed by atoms with van der Waals surface area (Å²) in [6.45, 7) is 1.73. The van der Waals surface area contributed by atoms with Gasteiger partial charge in [0.25, 0.3) is 5.91 Å². The van der Waals surface area contributed by atoms with Gasteiger partial charge in [0.15, 0.2) is 5.65 Å². The van der Waals surface area contributed by atoms with E-state index in [1.807, 2.05) is 0 Å². The SMILES string of the molecule is COCCNc1nc(N2CCC(F)C2)nc2c(C=C3CC(=O)NC3=O)cnn12. The Labute approximate surface area is 159 Å². The number of fused-ring (bicyclic) bond motifs is 1. The molecular formula is C17H20FN7O3. The molecule has 148 valence electrons. The van der Waals surface area contributed by atoms with Crippen LogP contribution in [0.3, 0.4) is 0 Å². The van der Waals surface area contributed by atoms with Crippen LogP contribution in [-0.2, 0) is 14.3 Å². The lowest BCUT2D eigenvalue weighted by atomic mass is 10.1. The predicted octanol–water partition coefficient (Wildman–Crippen LogP) is 0.161. The van der Waals surface area contributed by atoms with Crippen molar-refractivity contribution in [1.82, 2.24) is 24.9 Å². The monoisotopic (exact) mass is 389 g/mol. The Morgan fingerprint density at radius 3 is 2.96 bits per heavy atom. The standard InChI is InChI=1S/C17H20FN7O3/c1-28-5-3-19-16-23-17(24-4-2-12(18)9-24)22-14-11(8-20-25(14)16)6-10-7-13(26)21-15(10)27/h6,8,12H,2-5,7,9H2,1H3,(H,19,22,23)(H,21,26,27). The summed E-state index contributed by atoms with van der Waals surface area (Å²) in [4.78, 5) is 34.1. The Hall–Kier alpha value is -3.08. The lowest BCUT2D eigenvalue weighted by molar-refractivity contribution is -0.124. The molecule has 0 bridgehead atoms. The van der Waals surface area contributed by atoms with Crippen LogP contribution in [0, 0.1) is 0 Å². The number of carbonyl (C=O) groups excluding carboxylic acids is 2. The van der Waals surface area contributed by atoms with Gasteiger partial charge >= 0.3 is 0 Å². The third-order valence-corrected chi connectivity index (χ3v) is 4.61. The molecule has 0 radical (unpaired) electrons. The molecular weight excluding hydrogens is 369 g/mol. The van der Waals surface area contributed by atoms with Crippen LogP contribution in [0.5, 0.6) is 0 Å². The minimum atomic E-state index is -0.913. The number of imide groups is 1. The van der Waals surface area contributed by atoms with Gasteiger partial charge in [0.1, 0.15) is 6.17 Å². The van der Waals surface area contributed by atoms with E-state index < -0.39 is 12.1 Å². The predicted molar refractivity (Wildman–Crippen MR) is 98.6 cm³/mol. The van der Waals surface area contributed by atoms with Crippen molar-refractivity contribution in [2.45, 2.75) is 19.0 Å². The van der Waals surface area contributed by atoms with Gasteiger partial charge in [-0.1, -0.05) is 0 Å². The molecule has 2 saturated heterocycles. The molecule has 2 aromatic heterocycles. The first-order chi connectivity index (χ1) is 13.5. The molecule has 2 N–H and O–H groups in total. The summed E-state index contributed by atoms with van der Waals surface area (Å²) < 4.78 is 20.2. The van der Waals surface area contributed by atoms with E-state index in [1.54, 1.807) is 24.3 Å². The Balaban J connectivity index is 1.75. The fourth-order valence-corrected chi connectivity index (χ4v) is 3.21. The molecule has 0 aromatic carbocycles. The van der Waals surface area contributed by atoms with Crippen molar-refractivity contribution in [2.75, 3.05) is 43.6 Å². The van der Waals surface area contributed by atoms with E-state index in [2.05, 4.69) is 25.7 Å². The number of rotatable bonds is 6. The van der Waals surface area contributed by atoms with Crippen LogP contribution in [0.25, 0.3) is 11.7 Å². The van der Waals surface area contributed by atoms with Crippen LogP contribution < -0.4 is 15.5 Å². The van der Waals surface area contributed by atoms with Crippen molar-refractivity contribution in [3.8, 4) is 0 Å². The number of halogens is 1. The fraction of sp³-hybridized carbons (Fsp3) is 0.471. The second-order valence-corrected chi connectivity index (χ2v) is 6.66. The van der Waals surface area contributed by atoms with E-state index >= 15 is 0 Å². The molecule has 28 heavy (non-hydrogen) atoms. The molecule has 0 spiro atoms. The van der Waals surface area contributed by atoms with Crippen molar-refractivity contribution in [1.29, 1.82) is 0 Å². The van der Waals surface area contributed by atoms with Gasteiger partial charge in [-0.05, 0) is 12.5 Å². The summed E-state index contributed by atoms with van der Waals surface area (Å²) in [6, 6.07) is 0. The van der Waals surface area contributed by atoms with Crippen LogP contribution >= 0.6 is 0 Å². The van der Waals surface area contributed by atoms with E-state index in [0.717, 1.165) is 0 Å². The summed E-state index contributed by atoms with van der Waals surface area (Å²) in [5.74, 6) is 0.0727. The normalized spacial score (nSPS) is 21.1. The van der Waals surface area contributed by atoms with Crippen molar-refractivity contribution in [3.05, 3.63) is 17.3 Å². The highest BCUT2D eigenvalue weighted by Crippen LogP contribution is 2.24. The molecule has 0 aliphatic carbocycles. The Morgan fingerprint density at radius 2 is 2.29 bits per heavy atom. The van der Waals surface area contributed by atoms with Gasteiger partial charge in [-0.15, -0.1) is 0 Å². The third-order valence-electron chi connectivity index (χ3n) is 4.61. The maximum absolute atomic E-state index is 13.7. The van der Waals surface area contributed by atoms with Crippen LogP contribution in [0.2, 0.25) is 0 Å². The number of hydrogen-bond donors (Lipinski definition) is 2. The molecule has 2 aliphatic heterocycles. The van der Waals surface area contributed by atoms with Gasteiger partial charge in [-0.2, -0.15) is 19.6 Å². The van der Waals surface area contributed by atoms with Gasteiger partial charge in [-0.3, -0.25) is 14.9 Å². The molecule has 11 heteroatoms. The summed E-state index contributed by atoms with van der Waals surface area (Å²) in [7, 11) is 1.60. The fourth-order valence-electron chi connectivity index (χ4n) is 3.21. The topological polar surface area (TPSA) is 114 Å². The van der Waals surface area contributed by atoms with Crippen LogP contribution in [0.4, 0.5) is 16.3 Å². The minimum absolute atomic E-state index is 0.0166. The second kappa shape index (κ2) is 7.50. The molecule has 1 unspecified atom stereocenters. The summed E-state index contributed by atoms with van der Waals surface area (Å²) in [5.41, 5.74) is 1.39. The van der Waals surface area contributed by atoms with E-state index in [9.17, 15) is 14.0 Å². The van der Waals surface area contributed by atoms with Gasteiger partial charge in [0.05, 0.1) is 25.8 Å². The van der Waals surface area contributed by atoms with Crippen molar-refractivity contribution in [2.24, 2.45) is 0 Å². The minimum Gasteiger partial charge on any atom is -0.383 e. The smallest absolute Gasteiger partial charge is 0.254 e. The van der Waals surface area contributed by atoms with E-state index in [-0.39, 0.29) is 18.9 Å². The first kappa shape index (κ1) is 18.3. The van der Waals surface area contributed by atoms with E-state index in [1.165, 1.54) is 4.52 Å². The third kappa shape index (κ3) is 3.52. The number of nitrogens with zero attached hydrogens (tertiary/aromatic N) is 5. The van der Waals surface area contributed by atoms with E-state index in [4.69, 9.17) is 4.74 Å². The zero-order chi connectivity index (χ0) is 19.7. The molecule has 2 aliphatic rings. The number of amides is 2. The number of carbonyl (C=O) groups is 2. The van der Waals surface area contributed by atoms with Gasteiger partial charge < -0.3 is 15.0 Å². The molecule has 2 fully saturated rings. The summed E-state index contributed by atoms with van der Waals surface area (Å²) in [5, 5.41) is 9.69. The average molecular weight is 389 g/mol. The highest BCUT2D eigenvalue weighted by atomic mass is 19.1. The molecule has 2 aromatic rings. The zero-order valence-corrected chi connectivity index (χ0v) is 15.3. The molecule has 0 saturated carbocycles. The zero-order valence-electron chi connectivity index (χ0n) is 15.3. The number of ether oxygens (including phenoxy) is 1. The Morgan fingerprint density at radius 1 is 1.43 bits per heavy atom. The van der Waals surface area contributed by atoms with Crippen molar-refractivity contribution < 1.29 is 18.7 Å². The van der Waals surface area contributed by atoms with Crippen molar-refractivity contribution in [3.63, 3.8) is 0 Å². The number of alkyl halides is 1.